The number of amides is 2. The Labute approximate surface area is 147 Å². The molecule has 1 aromatic heterocycles. The van der Waals surface area contributed by atoms with E-state index in [0.29, 0.717) is 25.9 Å². The first-order chi connectivity index (χ1) is 12.0. The van der Waals surface area contributed by atoms with Gasteiger partial charge in [-0.2, -0.15) is 5.10 Å². The van der Waals surface area contributed by atoms with Crippen LogP contribution in [-0.2, 0) is 21.5 Å². The van der Waals surface area contributed by atoms with Crippen molar-refractivity contribution in [2.45, 2.75) is 31.7 Å². The highest BCUT2D eigenvalue weighted by Gasteiger charge is 2.45. The predicted octanol–water partition coefficient (Wildman–Crippen LogP) is 1.50. The van der Waals surface area contributed by atoms with Crippen LogP contribution in [0, 0.1) is 6.92 Å². The Balaban J connectivity index is 1.80. The molecule has 25 heavy (non-hydrogen) atoms. The number of aryl methyl sites for hydroxylation is 1. The zero-order valence-electron chi connectivity index (χ0n) is 14.7. The van der Waals surface area contributed by atoms with Crippen molar-refractivity contribution in [2.75, 3.05) is 20.1 Å². The summed E-state index contributed by atoms with van der Waals surface area (Å²) in [4.78, 5) is 27.2. The number of rotatable bonds is 4. The fourth-order valence-electron chi connectivity index (χ4n) is 3.47. The average Bonchev–Trinajstić information content (AvgIpc) is 3.18. The summed E-state index contributed by atoms with van der Waals surface area (Å²) in [6, 6.07) is 9.79. The molecule has 2 amide bonds. The number of likely N-dealkylation sites (tertiary alicyclic amines) is 1. The number of likely N-dealkylation sites (N-methyl/N-ethyl adjacent to an activating group) is 1. The Morgan fingerprint density at radius 1 is 1.28 bits per heavy atom. The summed E-state index contributed by atoms with van der Waals surface area (Å²) >= 11 is 0. The summed E-state index contributed by atoms with van der Waals surface area (Å²) in [5, 5.41) is 7.03. The molecular weight excluding hydrogens is 316 g/mol. The molecule has 1 fully saturated rings. The van der Waals surface area contributed by atoms with Gasteiger partial charge in [-0.3, -0.25) is 14.3 Å². The number of nitrogens with zero attached hydrogens (tertiary/aromatic N) is 3. The number of benzene rings is 1. The molecule has 1 saturated heterocycles. The minimum absolute atomic E-state index is 0.0454. The van der Waals surface area contributed by atoms with Crippen molar-refractivity contribution < 1.29 is 9.59 Å². The third-order valence-electron chi connectivity index (χ3n) is 4.89. The Bertz CT molecular complexity index is 739. The van der Waals surface area contributed by atoms with E-state index in [1.165, 1.54) is 5.56 Å². The van der Waals surface area contributed by atoms with Crippen LogP contribution >= 0.6 is 0 Å². The minimum Gasteiger partial charge on any atom is -0.357 e. The Morgan fingerprint density at radius 2 is 2.04 bits per heavy atom. The standard InChI is InChI=1S/C19H24N4O2/c1-15-5-7-16(8-6-15)13-17(24)22-11-3-9-19(14-22,18(25)20-2)23-12-4-10-21-23/h4-8,10,12H,3,9,11,13-14H2,1-2H3,(H,20,25). The van der Waals surface area contributed by atoms with E-state index >= 15 is 0 Å². The van der Waals surface area contributed by atoms with Crippen molar-refractivity contribution in [1.29, 1.82) is 0 Å². The minimum atomic E-state index is -0.834. The van der Waals surface area contributed by atoms with Gasteiger partial charge in [-0.25, -0.2) is 0 Å². The fraction of sp³-hybridized carbons (Fsp3) is 0.421. The number of piperidine rings is 1. The van der Waals surface area contributed by atoms with Gasteiger partial charge in [-0.05, 0) is 31.4 Å². The summed E-state index contributed by atoms with van der Waals surface area (Å²) in [7, 11) is 1.63. The van der Waals surface area contributed by atoms with Gasteiger partial charge in [-0.1, -0.05) is 29.8 Å². The number of hydrogen-bond donors (Lipinski definition) is 1. The second-order valence-corrected chi connectivity index (χ2v) is 6.64. The van der Waals surface area contributed by atoms with Crippen LogP contribution in [0.2, 0.25) is 0 Å². The topological polar surface area (TPSA) is 67.2 Å². The molecule has 0 aliphatic carbocycles. The second-order valence-electron chi connectivity index (χ2n) is 6.64. The van der Waals surface area contributed by atoms with Gasteiger partial charge in [0, 0.05) is 26.0 Å². The van der Waals surface area contributed by atoms with Crippen LogP contribution in [-0.4, -0.2) is 46.6 Å². The molecule has 2 aromatic rings. The summed E-state index contributed by atoms with van der Waals surface area (Å²) in [5.41, 5.74) is 1.33. The lowest BCUT2D eigenvalue weighted by Gasteiger charge is -2.41. The van der Waals surface area contributed by atoms with Gasteiger partial charge >= 0.3 is 0 Å². The molecule has 1 unspecified atom stereocenters. The molecule has 0 bridgehead atoms. The van der Waals surface area contributed by atoms with Crippen LogP contribution in [0.25, 0.3) is 0 Å². The van der Waals surface area contributed by atoms with Gasteiger partial charge in [0.2, 0.25) is 11.8 Å². The summed E-state index contributed by atoms with van der Waals surface area (Å²) in [6.45, 7) is 3.04. The SMILES string of the molecule is CNC(=O)C1(n2cccn2)CCCN(C(=O)Cc2ccc(C)cc2)C1. The largest absolute Gasteiger partial charge is 0.357 e. The van der Waals surface area contributed by atoms with Crippen molar-refractivity contribution in [2.24, 2.45) is 0 Å². The number of nitrogens with one attached hydrogen (secondary N) is 1. The van der Waals surface area contributed by atoms with Crippen LogP contribution < -0.4 is 5.32 Å². The average molecular weight is 340 g/mol. The first kappa shape index (κ1) is 17.2. The van der Waals surface area contributed by atoms with E-state index in [9.17, 15) is 9.59 Å². The third kappa shape index (κ3) is 3.43. The first-order valence-corrected chi connectivity index (χ1v) is 8.61. The summed E-state index contributed by atoms with van der Waals surface area (Å²) in [5.74, 6) is -0.0620. The Hall–Kier alpha value is -2.63. The highest BCUT2D eigenvalue weighted by atomic mass is 16.2. The molecule has 6 nitrogen and oxygen atoms in total. The number of aromatic nitrogens is 2. The predicted molar refractivity (Wildman–Crippen MR) is 95.0 cm³/mol. The van der Waals surface area contributed by atoms with Crippen LogP contribution in [0.4, 0.5) is 0 Å². The molecule has 1 aliphatic heterocycles. The highest BCUT2D eigenvalue weighted by Crippen LogP contribution is 2.29. The fourth-order valence-corrected chi connectivity index (χ4v) is 3.47. The molecule has 1 atom stereocenters. The van der Waals surface area contributed by atoms with Crippen molar-refractivity contribution in [3.05, 3.63) is 53.9 Å². The van der Waals surface area contributed by atoms with Crippen LogP contribution in [0.1, 0.15) is 24.0 Å². The van der Waals surface area contributed by atoms with Crippen LogP contribution in [0.3, 0.4) is 0 Å². The molecule has 2 heterocycles. The summed E-state index contributed by atoms with van der Waals surface area (Å²) < 4.78 is 1.69. The highest BCUT2D eigenvalue weighted by molar-refractivity contribution is 5.86. The number of hydrogen-bond acceptors (Lipinski definition) is 3. The van der Waals surface area contributed by atoms with E-state index in [4.69, 9.17) is 0 Å². The maximum atomic E-state index is 12.8. The van der Waals surface area contributed by atoms with Gasteiger partial charge in [0.1, 0.15) is 0 Å². The zero-order valence-corrected chi connectivity index (χ0v) is 14.7. The van der Waals surface area contributed by atoms with Gasteiger partial charge in [0.05, 0.1) is 13.0 Å². The molecule has 1 aromatic carbocycles. The molecule has 0 radical (unpaired) electrons. The number of carbonyl (C=O) groups is 2. The van der Waals surface area contributed by atoms with Crippen LogP contribution in [0.15, 0.2) is 42.7 Å². The van der Waals surface area contributed by atoms with Crippen molar-refractivity contribution in [1.82, 2.24) is 20.0 Å². The molecule has 0 saturated carbocycles. The smallest absolute Gasteiger partial charge is 0.249 e. The number of carbonyl (C=O) groups excluding carboxylic acids is 2. The van der Waals surface area contributed by atoms with E-state index in [1.54, 1.807) is 35.1 Å². The summed E-state index contributed by atoms with van der Waals surface area (Å²) in [6.07, 6.45) is 5.25. The van der Waals surface area contributed by atoms with E-state index in [0.717, 1.165) is 12.0 Å². The second kappa shape index (κ2) is 7.09. The molecule has 132 valence electrons. The van der Waals surface area contributed by atoms with E-state index in [1.807, 2.05) is 31.2 Å². The van der Waals surface area contributed by atoms with Gasteiger partial charge < -0.3 is 10.2 Å². The molecule has 1 aliphatic rings. The maximum absolute atomic E-state index is 12.8. The molecule has 6 heteroatoms. The molecule has 0 spiro atoms. The maximum Gasteiger partial charge on any atom is 0.249 e. The zero-order chi connectivity index (χ0) is 17.9. The lowest BCUT2D eigenvalue weighted by atomic mass is 9.87. The van der Waals surface area contributed by atoms with Gasteiger partial charge in [0.25, 0.3) is 0 Å². The third-order valence-corrected chi connectivity index (χ3v) is 4.89. The van der Waals surface area contributed by atoms with E-state index in [2.05, 4.69) is 10.4 Å². The van der Waals surface area contributed by atoms with Crippen molar-refractivity contribution >= 4 is 11.8 Å². The Kier molecular flexibility index (Phi) is 4.88. The molecular formula is C19H24N4O2. The quantitative estimate of drug-likeness (QED) is 0.917. The Morgan fingerprint density at radius 3 is 2.68 bits per heavy atom. The van der Waals surface area contributed by atoms with Gasteiger partial charge in [0.15, 0.2) is 5.54 Å². The normalized spacial score (nSPS) is 20.3. The van der Waals surface area contributed by atoms with Gasteiger partial charge in [-0.15, -0.1) is 0 Å². The monoisotopic (exact) mass is 340 g/mol. The first-order valence-electron chi connectivity index (χ1n) is 8.61. The molecule has 3 rings (SSSR count). The lowest BCUT2D eigenvalue weighted by molar-refractivity contribution is -0.140. The van der Waals surface area contributed by atoms with E-state index in [-0.39, 0.29) is 11.8 Å². The van der Waals surface area contributed by atoms with Crippen molar-refractivity contribution in [3.8, 4) is 0 Å². The lowest BCUT2D eigenvalue weighted by Crippen LogP contribution is -2.59. The van der Waals surface area contributed by atoms with Crippen LogP contribution in [0.5, 0.6) is 0 Å². The molecule has 1 N–H and O–H groups in total. The van der Waals surface area contributed by atoms with Crippen molar-refractivity contribution in [3.63, 3.8) is 0 Å². The van der Waals surface area contributed by atoms with E-state index < -0.39 is 5.54 Å².